The van der Waals surface area contributed by atoms with Crippen LogP contribution < -0.4 is 0 Å². The van der Waals surface area contributed by atoms with Gasteiger partial charge in [0.25, 0.3) is 0 Å². The first kappa shape index (κ1) is 17.9. The molecule has 0 amide bonds. The number of allylic oxidation sites excluding steroid dienone is 1. The topological polar surface area (TPSA) is 63.2 Å². The van der Waals surface area contributed by atoms with E-state index in [-0.39, 0.29) is 5.41 Å². The van der Waals surface area contributed by atoms with Crippen LogP contribution in [-0.2, 0) is 16.7 Å². The number of rotatable bonds is 5. The quantitative estimate of drug-likeness (QED) is 0.520. The zero-order valence-electron chi connectivity index (χ0n) is 16.5. The van der Waals surface area contributed by atoms with Crippen molar-refractivity contribution >= 4 is 11.8 Å². The minimum absolute atomic E-state index is 0.325. The van der Waals surface area contributed by atoms with E-state index in [0.717, 1.165) is 47.6 Å². The third kappa shape index (κ3) is 2.97. The number of aromatic amines is 1. The molecule has 1 N–H and O–H groups in total. The first-order chi connectivity index (χ1) is 14.3. The Morgan fingerprint density at radius 2 is 1.97 bits per heavy atom. The molecule has 2 heterocycles. The molecule has 146 valence electrons. The number of H-pyrrole nitrogens is 1. The van der Waals surface area contributed by atoms with Crippen molar-refractivity contribution in [3.8, 4) is 0 Å². The van der Waals surface area contributed by atoms with Crippen molar-refractivity contribution in [3.05, 3.63) is 89.0 Å². The van der Waals surface area contributed by atoms with Gasteiger partial charge in [0.05, 0.1) is 11.1 Å². The Bertz CT molecular complexity index is 1010. The Labute approximate surface area is 170 Å². The number of nitrogens with one attached hydrogen (secondary N) is 1. The zero-order chi connectivity index (χ0) is 19.7. The summed E-state index contributed by atoms with van der Waals surface area (Å²) in [6.07, 6.45) is 10.6. The third-order valence-electron chi connectivity index (χ3n) is 6.21. The zero-order valence-corrected chi connectivity index (χ0v) is 16.5. The summed E-state index contributed by atoms with van der Waals surface area (Å²) >= 11 is 0. The fourth-order valence-corrected chi connectivity index (χ4v) is 4.44. The van der Waals surface area contributed by atoms with Crippen LogP contribution in [0, 0.1) is 5.92 Å². The standard InChI is InChI=1S/C24H24N4O/c1-29-28-22(17-8-7-9-17)23-19-13-14-24(16-20(19)26-27-23,18-10-3-2-4-11-18)21-12-5-6-15-25-21/h2-6,10-15,17H,7-9,16H2,1H3,(H,26,27). The van der Waals surface area contributed by atoms with Gasteiger partial charge < -0.3 is 4.84 Å². The Morgan fingerprint density at radius 1 is 1.14 bits per heavy atom. The minimum Gasteiger partial charge on any atom is -0.399 e. The normalized spacial score (nSPS) is 21.5. The molecule has 1 saturated carbocycles. The van der Waals surface area contributed by atoms with Crippen LogP contribution in [-0.4, -0.2) is 28.0 Å². The summed E-state index contributed by atoms with van der Waals surface area (Å²) < 4.78 is 0. The van der Waals surface area contributed by atoms with Crippen LogP contribution in [0.25, 0.3) is 6.08 Å². The second-order valence-electron chi connectivity index (χ2n) is 7.81. The maximum absolute atomic E-state index is 5.16. The highest BCUT2D eigenvalue weighted by atomic mass is 16.6. The molecule has 1 atom stereocenters. The summed E-state index contributed by atoms with van der Waals surface area (Å²) in [6, 6.07) is 16.7. The van der Waals surface area contributed by atoms with E-state index in [1.807, 2.05) is 18.3 Å². The van der Waals surface area contributed by atoms with Gasteiger partial charge >= 0.3 is 0 Å². The number of aromatic nitrogens is 3. The summed E-state index contributed by atoms with van der Waals surface area (Å²) in [6.45, 7) is 0. The highest BCUT2D eigenvalue weighted by Gasteiger charge is 2.39. The highest BCUT2D eigenvalue weighted by Crippen LogP contribution is 2.41. The Kier molecular flexibility index (Phi) is 4.51. The fourth-order valence-electron chi connectivity index (χ4n) is 4.44. The molecule has 0 aliphatic heterocycles. The molecule has 0 radical (unpaired) electrons. The largest absolute Gasteiger partial charge is 0.399 e. The van der Waals surface area contributed by atoms with E-state index < -0.39 is 0 Å². The average molecular weight is 384 g/mol. The van der Waals surface area contributed by atoms with Gasteiger partial charge in [-0.2, -0.15) is 5.10 Å². The van der Waals surface area contributed by atoms with Crippen LogP contribution in [0.15, 0.2) is 66.0 Å². The molecular weight excluding hydrogens is 360 g/mol. The van der Waals surface area contributed by atoms with E-state index in [2.05, 4.69) is 63.9 Å². The molecule has 5 heteroatoms. The summed E-state index contributed by atoms with van der Waals surface area (Å²) in [7, 11) is 1.61. The van der Waals surface area contributed by atoms with E-state index in [1.54, 1.807) is 7.11 Å². The van der Waals surface area contributed by atoms with Crippen LogP contribution in [0.3, 0.4) is 0 Å². The first-order valence-electron chi connectivity index (χ1n) is 10.2. The molecule has 1 unspecified atom stereocenters. The lowest BCUT2D eigenvalue weighted by molar-refractivity contribution is 0.208. The van der Waals surface area contributed by atoms with Gasteiger partial charge in [0.1, 0.15) is 18.5 Å². The SMILES string of the molecule is CON=C(c1n[nH]c2c1C=CC(c1ccccc1)(c1ccccn1)C2)C1CCC1. The lowest BCUT2D eigenvalue weighted by Gasteiger charge is -2.33. The van der Waals surface area contributed by atoms with E-state index in [0.29, 0.717) is 5.92 Å². The maximum Gasteiger partial charge on any atom is 0.117 e. The summed E-state index contributed by atoms with van der Waals surface area (Å²) in [5.41, 5.74) is 6.05. The van der Waals surface area contributed by atoms with Crippen molar-refractivity contribution in [1.29, 1.82) is 0 Å². The van der Waals surface area contributed by atoms with Crippen molar-refractivity contribution in [3.63, 3.8) is 0 Å². The monoisotopic (exact) mass is 384 g/mol. The van der Waals surface area contributed by atoms with Gasteiger partial charge in [0, 0.05) is 29.8 Å². The molecule has 2 aliphatic carbocycles. The Morgan fingerprint density at radius 3 is 2.66 bits per heavy atom. The third-order valence-corrected chi connectivity index (χ3v) is 6.21. The molecule has 2 aliphatic rings. The Hall–Kier alpha value is -3.21. The number of nitrogens with zero attached hydrogens (tertiary/aromatic N) is 3. The highest BCUT2D eigenvalue weighted by molar-refractivity contribution is 6.04. The van der Waals surface area contributed by atoms with E-state index >= 15 is 0 Å². The Balaban J connectivity index is 1.60. The van der Waals surface area contributed by atoms with Crippen LogP contribution in [0.5, 0.6) is 0 Å². The lowest BCUT2D eigenvalue weighted by Crippen LogP contribution is -2.32. The van der Waals surface area contributed by atoms with Crippen molar-refractivity contribution in [2.24, 2.45) is 11.1 Å². The molecule has 0 bridgehead atoms. The predicted molar refractivity (Wildman–Crippen MR) is 114 cm³/mol. The van der Waals surface area contributed by atoms with Gasteiger partial charge in [0.2, 0.25) is 0 Å². The molecule has 0 spiro atoms. The van der Waals surface area contributed by atoms with Gasteiger partial charge in [-0.25, -0.2) is 0 Å². The second kappa shape index (κ2) is 7.32. The van der Waals surface area contributed by atoms with Gasteiger partial charge in [-0.1, -0.05) is 60.1 Å². The van der Waals surface area contributed by atoms with Crippen LogP contribution in [0.1, 0.15) is 47.5 Å². The maximum atomic E-state index is 5.16. The molecular formula is C24H24N4O. The summed E-state index contributed by atoms with van der Waals surface area (Å²) in [5.74, 6) is 0.437. The minimum atomic E-state index is -0.325. The van der Waals surface area contributed by atoms with Gasteiger partial charge in [-0.05, 0) is 30.5 Å². The van der Waals surface area contributed by atoms with Crippen LogP contribution in [0.2, 0.25) is 0 Å². The van der Waals surface area contributed by atoms with Crippen molar-refractivity contribution in [2.75, 3.05) is 7.11 Å². The number of oxime groups is 1. The number of pyridine rings is 1. The van der Waals surface area contributed by atoms with E-state index in [4.69, 9.17) is 9.82 Å². The average Bonchev–Trinajstić information content (AvgIpc) is 3.16. The number of fused-ring (bicyclic) bond motifs is 1. The molecule has 3 aromatic rings. The molecule has 29 heavy (non-hydrogen) atoms. The van der Waals surface area contributed by atoms with Crippen molar-refractivity contribution in [2.45, 2.75) is 31.1 Å². The predicted octanol–water partition coefficient (Wildman–Crippen LogP) is 4.51. The van der Waals surface area contributed by atoms with Crippen molar-refractivity contribution in [1.82, 2.24) is 15.2 Å². The van der Waals surface area contributed by atoms with Crippen LogP contribution in [0.4, 0.5) is 0 Å². The van der Waals surface area contributed by atoms with E-state index in [9.17, 15) is 0 Å². The molecule has 1 fully saturated rings. The fraction of sp³-hybridized carbons (Fsp3) is 0.292. The molecule has 0 saturated heterocycles. The lowest BCUT2D eigenvalue weighted by atomic mass is 9.70. The van der Waals surface area contributed by atoms with Crippen molar-refractivity contribution < 1.29 is 4.84 Å². The van der Waals surface area contributed by atoms with Crippen LogP contribution >= 0.6 is 0 Å². The summed E-state index contributed by atoms with van der Waals surface area (Å²) in [5, 5.41) is 12.3. The molecule has 5 rings (SSSR count). The molecule has 5 nitrogen and oxygen atoms in total. The number of benzene rings is 1. The second-order valence-corrected chi connectivity index (χ2v) is 7.81. The number of hydrogen-bond acceptors (Lipinski definition) is 4. The molecule has 1 aromatic carbocycles. The number of hydrogen-bond donors (Lipinski definition) is 1. The van der Waals surface area contributed by atoms with E-state index in [1.165, 1.54) is 12.0 Å². The van der Waals surface area contributed by atoms with Gasteiger partial charge in [-0.15, -0.1) is 0 Å². The summed E-state index contributed by atoms with van der Waals surface area (Å²) in [4.78, 5) is 9.87. The smallest absolute Gasteiger partial charge is 0.117 e. The molecule has 2 aromatic heterocycles. The first-order valence-corrected chi connectivity index (χ1v) is 10.2. The van der Waals surface area contributed by atoms with Gasteiger partial charge in [-0.3, -0.25) is 10.1 Å². The van der Waals surface area contributed by atoms with Gasteiger partial charge in [0.15, 0.2) is 0 Å².